The van der Waals surface area contributed by atoms with Gasteiger partial charge in [0.1, 0.15) is 5.75 Å². The van der Waals surface area contributed by atoms with Crippen molar-refractivity contribution >= 4 is 23.7 Å². The number of carbonyl (C=O) groups excluding carboxylic acids is 1. The second-order valence-electron chi connectivity index (χ2n) is 7.17. The molecule has 1 saturated heterocycles. The standard InChI is InChI=1S/C23H24N4O2/c1-18(28)25-10-12-26(13-11-25)21-6-4-19(5-7-21)2-3-20-14-22(16-23(29)15-20)27-9-8-24-17-27/h2-9,14-17,29H,10-13H2,1H3. The maximum Gasteiger partial charge on any atom is 0.219 e. The Morgan fingerprint density at radius 3 is 2.34 bits per heavy atom. The van der Waals surface area contributed by atoms with Crippen LogP contribution in [0.5, 0.6) is 5.75 Å². The molecule has 1 N–H and O–H groups in total. The first-order valence-corrected chi connectivity index (χ1v) is 9.69. The van der Waals surface area contributed by atoms with Crippen LogP contribution in [0.4, 0.5) is 5.69 Å². The van der Waals surface area contributed by atoms with Crippen LogP contribution in [0.3, 0.4) is 0 Å². The van der Waals surface area contributed by atoms with E-state index >= 15 is 0 Å². The molecule has 29 heavy (non-hydrogen) atoms. The number of benzene rings is 2. The van der Waals surface area contributed by atoms with Crippen molar-refractivity contribution in [1.82, 2.24) is 14.5 Å². The van der Waals surface area contributed by atoms with Gasteiger partial charge in [-0.3, -0.25) is 4.79 Å². The van der Waals surface area contributed by atoms with E-state index in [-0.39, 0.29) is 11.7 Å². The highest BCUT2D eigenvalue weighted by Gasteiger charge is 2.18. The number of aromatic nitrogens is 2. The Balaban J connectivity index is 1.44. The van der Waals surface area contributed by atoms with Crippen molar-refractivity contribution in [2.75, 3.05) is 31.1 Å². The Kier molecular flexibility index (Phi) is 5.33. The van der Waals surface area contributed by atoms with Crippen LogP contribution in [0.2, 0.25) is 0 Å². The van der Waals surface area contributed by atoms with Crippen LogP contribution < -0.4 is 4.90 Å². The van der Waals surface area contributed by atoms with Gasteiger partial charge in [0.15, 0.2) is 0 Å². The van der Waals surface area contributed by atoms with Crippen LogP contribution in [0, 0.1) is 0 Å². The fourth-order valence-electron chi connectivity index (χ4n) is 3.54. The van der Waals surface area contributed by atoms with Crippen molar-refractivity contribution < 1.29 is 9.90 Å². The maximum atomic E-state index is 11.5. The molecule has 0 bridgehead atoms. The van der Waals surface area contributed by atoms with Crippen LogP contribution in [0.1, 0.15) is 18.1 Å². The van der Waals surface area contributed by atoms with E-state index in [4.69, 9.17) is 0 Å². The summed E-state index contributed by atoms with van der Waals surface area (Å²) in [6.07, 6.45) is 9.28. The minimum atomic E-state index is 0.147. The second kappa shape index (κ2) is 8.22. The molecule has 0 unspecified atom stereocenters. The number of imidazole rings is 1. The summed E-state index contributed by atoms with van der Waals surface area (Å²) in [5, 5.41) is 10.0. The molecule has 0 atom stereocenters. The number of anilines is 1. The van der Waals surface area contributed by atoms with Gasteiger partial charge in [0.25, 0.3) is 0 Å². The second-order valence-corrected chi connectivity index (χ2v) is 7.17. The molecule has 1 aromatic heterocycles. The highest BCUT2D eigenvalue weighted by molar-refractivity contribution is 5.74. The fourth-order valence-corrected chi connectivity index (χ4v) is 3.54. The average Bonchev–Trinajstić information content (AvgIpc) is 3.27. The lowest BCUT2D eigenvalue weighted by molar-refractivity contribution is -0.129. The van der Waals surface area contributed by atoms with Crippen molar-refractivity contribution in [2.24, 2.45) is 0 Å². The molecule has 2 heterocycles. The largest absolute Gasteiger partial charge is 0.508 e. The zero-order valence-electron chi connectivity index (χ0n) is 16.4. The van der Waals surface area contributed by atoms with Gasteiger partial charge in [-0.1, -0.05) is 24.3 Å². The van der Waals surface area contributed by atoms with Crippen molar-refractivity contribution in [3.05, 3.63) is 72.3 Å². The number of rotatable bonds is 4. The van der Waals surface area contributed by atoms with Crippen LogP contribution in [-0.2, 0) is 4.79 Å². The number of amides is 1. The minimum absolute atomic E-state index is 0.147. The molecule has 0 radical (unpaired) electrons. The van der Waals surface area contributed by atoms with E-state index < -0.39 is 0 Å². The van der Waals surface area contributed by atoms with Gasteiger partial charge in [0.05, 0.1) is 12.0 Å². The van der Waals surface area contributed by atoms with E-state index in [1.165, 1.54) is 5.69 Å². The molecule has 2 aromatic carbocycles. The first-order chi connectivity index (χ1) is 14.1. The normalized spacial score (nSPS) is 14.5. The Labute approximate surface area is 170 Å². The van der Waals surface area contributed by atoms with E-state index in [0.29, 0.717) is 0 Å². The summed E-state index contributed by atoms with van der Waals surface area (Å²) < 4.78 is 1.86. The van der Waals surface area contributed by atoms with Gasteiger partial charge in [-0.15, -0.1) is 0 Å². The van der Waals surface area contributed by atoms with E-state index in [1.807, 2.05) is 33.9 Å². The number of hydrogen-bond acceptors (Lipinski definition) is 4. The van der Waals surface area contributed by atoms with Gasteiger partial charge < -0.3 is 19.5 Å². The number of phenols is 1. The predicted molar refractivity (Wildman–Crippen MR) is 115 cm³/mol. The molecule has 4 rings (SSSR count). The van der Waals surface area contributed by atoms with Crippen LogP contribution >= 0.6 is 0 Å². The first-order valence-electron chi connectivity index (χ1n) is 9.69. The summed E-state index contributed by atoms with van der Waals surface area (Å²) in [6, 6.07) is 13.8. The zero-order chi connectivity index (χ0) is 20.2. The lowest BCUT2D eigenvalue weighted by atomic mass is 10.1. The molecule has 1 amide bonds. The molecule has 1 aliphatic rings. The number of aromatic hydroxyl groups is 1. The average molecular weight is 388 g/mol. The van der Waals surface area contributed by atoms with Crippen molar-refractivity contribution in [2.45, 2.75) is 6.92 Å². The van der Waals surface area contributed by atoms with Gasteiger partial charge in [0.2, 0.25) is 5.91 Å². The van der Waals surface area contributed by atoms with Gasteiger partial charge in [-0.05, 0) is 35.4 Å². The third-order valence-corrected chi connectivity index (χ3v) is 5.18. The number of carbonyl (C=O) groups is 1. The maximum absolute atomic E-state index is 11.5. The number of piperazine rings is 1. The van der Waals surface area contributed by atoms with Gasteiger partial charge in [0, 0.05) is 57.3 Å². The molecule has 3 aromatic rings. The predicted octanol–water partition coefficient (Wildman–Crippen LogP) is 3.42. The Morgan fingerprint density at radius 2 is 1.69 bits per heavy atom. The highest BCUT2D eigenvalue weighted by Crippen LogP contribution is 2.22. The van der Waals surface area contributed by atoms with E-state index in [2.05, 4.69) is 34.1 Å². The molecule has 148 valence electrons. The van der Waals surface area contributed by atoms with Crippen molar-refractivity contribution in [1.29, 1.82) is 0 Å². The number of nitrogens with zero attached hydrogens (tertiary/aromatic N) is 4. The zero-order valence-corrected chi connectivity index (χ0v) is 16.4. The summed E-state index contributed by atoms with van der Waals surface area (Å²) in [5.41, 5.74) is 4.04. The lowest BCUT2D eigenvalue weighted by Gasteiger charge is -2.35. The molecule has 1 aliphatic heterocycles. The smallest absolute Gasteiger partial charge is 0.219 e. The highest BCUT2D eigenvalue weighted by atomic mass is 16.3. The lowest BCUT2D eigenvalue weighted by Crippen LogP contribution is -2.48. The Morgan fingerprint density at radius 1 is 0.966 bits per heavy atom. The van der Waals surface area contributed by atoms with Crippen LogP contribution in [0.15, 0.2) is 61.2 Å². The van der Waals surface area contributed by atoms with Crippen LogP contribution in [0.25, 0.3) is 17.8 Å². The van der Waals surface area contributed by atoms with Gasteiger partial charge in [-0.25, -0.2) is 4.98 Å². The number of hydrogen-bond donors (Lipinski definition) is 1. The van der Waals surface area contributed by atoms with Gasteiger partial charge in [-0.2, -0.15) is 0 Å². The van der Waals surface area contributed by atoms with E-state index in [1.54, 1.807) is 31.6 Å². The molecule has 0 saturated carbocycles. The molecule has 0 aliphatic carbocycles. The topological polar surface area (TPSA) is 61.6 Å². The first kappa shape index (κ1) is 18.8. The summed E-state index contributed by atoms with van der Waals surface area (Å²) in [4.78, 5) is 19.7. The molecular weight excluding hydrogens is 364 g/mol. The minimum Gasteiger partial charge on any atom is -0.508 e. The van der Waals surface area contributed by atoms with Crippen LogP contribution in [-0.4, -0.2) is 51.6 Å². The SMILES string of the molecule is CC(=O)N1CCN(c2ccc(C=Cc3cc(O)cc(-n4ccnc4)c3)cc2)CC1. The summed E-state index contributed by atoms with van der Waals surface area (Å²) in [7, 11) is 0. The monoisotopic (exact) mass is 388 g/mol. The molecule has 6 heteroatoms. The van der Waals surface area contributed by atoms with Gasteiger partial charge >= 0.3 is 0 Å². The third-order valence-electron chi connectivity index (χ3n) is 5.18. The Bertz CT molecular complexity index is 1000. The fraction of sp³-hybridized carbons (Fsp3) is 0.217. The van der Waals surface area contributed by atoms with E-state index in [9.17, 15) is 9.90 Å². The molecule has 0 spiro atoms. The van der Waals surface area contributed by atoms with Crippen molar-refractivity contribution in [3.8, 4) is 11.4 Å². The summed E-state index contributed by atoms with van der Waals surface area (Å²) in [5.74, 6) is 0.365. The molecular formula is C23H24N4O2. The number of phenolic OH excluding ortho intramolecular Hbond substituents is 1. The van der Waals surface area contributed by atoms with Crippen molar-refractivity contribution in [3.63, 3.8) is 0 Å². The third kappa shape index (κ3) is 4.48. The molecule has 6 nitrogen and oxygen atoms in total. The van der Waals surface area contributed by atoms with E-state index in [0.717, 1.165) is 43.0 Å². The quantitative estimate of drug-likeness (QED) is 0.696. The summed E-state index contributed by atoms with van der Waals surface area (Å²) >= 11 is 0. The summed E-state index contributed by atoms with van der Waals surface area (Å²) in [6.45, 7) is 4.88. The Hall–Kier alpha value is -3.54. The molecule has 1 fully saturated rings.